The van der Waals surface area contributed by atoms with Gasteiger partial charge in [0.25, 0.3) is 0 Å². The van der Waals surface area contributed by atoms with Crippen molar-refractivity contribution in [2.24, 2.45) is 5.92 Å². The molecule has 0 saturated heterocycles. The number of nitrogens with zero attached hydrogens (tertiary/aromatic N) is 2. The van der Waals surface area contributed by atoms with E-state index in [1.165, 1.54) is 20.7 Å². The maximum Gasteiger partial charge on any atom is 0.124 e. The molecular weight excluding hydrogens is 478 g/mol. The predicted octanol–water partition coefficient (Wildman–Crippen LogP) is 7.59. The molecule has 0 radical (unpaired) electrons. The average Bonchev–Trinajstić information content (AvgIpc) is 3.60. The number of aromatic nitrogens is 4. The Morgan fingerprint density at radius 2 is 1.84 bits per heavy atom. The highest BCUT2D eigenvalue weighted by Gasteiger charge is 2.15. The molecule has 1 atom stereocenters. The Labute approximate surface area is 219 Å². The molecule has 6 rings (SSSR count). The van der Waals surface area contributed by atoms with Crippen LogP contribution in [0.2, 0.25) is 0 Å². The van der Waals surface area contributed by atoms with Gasteiger partial charge < -0.3 is 15.4 Å². The van der Waals surface area contributed by atoms with Gasteiger partial charge in [-0.15, -0.1) is 11.3 Å². The lowest BCUT2D eigenvalue weighted by Crippen LogP contribution is -2.20. The molecule has 0 saturated carbocycles. The summed E-state index contributed by atoms with van der Waals surface area (Å²) in [5.74, 6) is 0.399. The molecular formula is C30H29N5OS. The molecule has 1 unspecified atom stereocenters. The molecule has 0 fully saturated rings. The number of aryl methyl sites for hydroxylation is 1. The zero-order valence-corrected chi connectivity index (χ0v) is 21.9. The monoisotopic (exact) mass is 507 g/mol. The molecule has 2 aromatic carbocycles. The van der Waals surface area contributed by atoms with Crippen molar-refractivity contribution in [2.75, 3.05) is 5.32 Å². The third-order valence-corrected chi connectivity index (χ3v) is 7.62. The second kappa shape index (κ2) is 9.50. The minimum atomic E-state index is -0.606. The summed E-state index contributed by atoms with van der Waals surface area (Å²) in [4.78, 5) is 10.6. The second-order valence-electron chi connectivity index (χ2n) is 9.94. The number of thiophene rings is 1. The van der Waals surface area contributed by atoms with E-state index in [9.17, 15) is 5.11 Å². The van der Waals surface area contributed by atoms with Gasteiger partial charge in [0.15, 0.2) is 0 Å². The fraction of sp³-hybridized carbons (Fsp3) is 0.200. The van der Waals surface area contributed by atoms with Crippen LogP contribution in [0.1, 0.15) is 25.1 Å². The number of anilines is 1. The van der Waals surface area contributed by atoms with E-state index in [1.54, 1.807) is 6.20 Å². The Morgan fingerprint density at radius 1 is 0.946 bits per heavy atom. The van der Waals surface area contributed by atoms with Gasteiger partial charge in [-0.1, -0.05) is 32.0 Å². The average molecular weight is 508 g/mol. The molecule has 7 heteroatoms. The molecule has 0 aliphatic rings. The van der Waals surface area contributed by atoms with Crippen LogP contribution in [0.15, 0.2) is 73.1 Å². The van der Waals surface area contributed by atoms with Crippen LogP contribution in [-0.2, 0) is 0 Å². The van der Waals surface area contributed by atoms with Crippen molar-refractivity contribution in [3.63, 3.8) is 0 Å². The van der Waals surface area contributed by atoms with Gasteiger partial charge in [-0.2, -0.15) is 5.10 Å². The summed E-state index contributed by atoms with van der Waals surface area (Å²) in [5.41, 5.74) is 7.97. The van der Waals surface area contributed by atoms with E-state index < -0.39 is 6.23 Å². The van der Waals surface area contributed by atoms with Gasteiger partial charge in [-0.25, -0.2) is 0 Å². The smallest absolute Gasteiger partial charge is 0.124 e. The van der Waals surface area contributed by atoms with Crippen LogP contribution in [0.5, 0.6) is 0 Å². The second-order valence-corrected chi connectivity index (χ2v) is 11.2. The molecule has 4 aromatic heterocycles. The van der Waals surface area contributed by atoms with E-state index in [2.05, 4.69) is 101 Å². The Bertz CT molecular complexity index is 1710. The molecule has 186 valence electrons. The zero-order chi connectivity index (χ0) is 25.5. The van der Waals surface area contributed by atoms with Gasteiger partial charge >= 0.3 is 0 Å². The van der Waals surface area contributed by atoms with Crippen molar-refractivity contribution in [3.05, 3.63) is 77.9 Å². The third-order valence-electron chi connectivity index (χ3n) is 6.59. The van der Waals surface area contributed by atoms with E-state index in [0.717, 1.165) is 44.6 Å². The van der Waals surface area contributed by atoms with Crippen LogP contribution >= 0.6 is 11.3 Å². The van der Waals surface area contributed by atoms with Gasteiger partial charge in [-0.05, 0) is 67.3 Å². The third kappa shape index (κ3) is 4.63. The summed E-state index contributed by atoms with van der Waals surface area (Å²) in [5, 5.41) is 23.6. The summed E-state index contributed by atoms with van der Waals surface area (Å²) in [6.07, 6.45) is 3.66. The summed E-state index contributed by atoms with van der Waals surface area (Å²) in [7, 11) is 0. The largest absolute Gasteiger partial charge is 0.374 e. The first-order valence-corrected chi connectivity index (χ1v) is 13.3. The van der Waals surface area contributed by atoms with Gasteiger partial charge in [0.2, 0.25) is 0 Å². The highest BCUT2D eigenvalue weighted by molar-refractivity contribution is 7.15. The molecule has 37 heavy (non-hydrogen) atoms. The van der Waals surface area contributed by atoms with Crippen molar-refractivity contribution < 1.29 is 5.11 Å². The molecule has 0 aliphatic carbocycles. The zero-order valence-electron chi connectivity index (χ0n) is 21.0. The Kier molecular flexibility index (Phi) is 6.02. The number of pyridine rings is 1. The van der Waals surface area contributed by atoms with Crippen LogP contribution in [0, 0.1) is 12.8 Å². The standard InChI is InChI=1S/C30H29N5OS/c1-17(2)11-29(36)32-21-12-20(15-31-16-21)19-8-9-26-24(13-19)30(35-34-26)27-14-23-22(5-4-6-25(23)33-27)28-10-7-18(3)37-28/h4-10,12-17,29,32-33,36H,11H2,1-3H3,(H,34,35). The van der Waals surface area contributed by atoms with E-state index in [0.29, 0.717) is 12.3 Å². The molecule has 0 aliphatic heterocycles. The normalized spacial score (nSPS) is 12.6. The number of hydrogen-bond donors (Lipinski definition) is 4. The number of hydrogen-bond acceptors (Lipinski definition) is 5. The van der Waals surface area contributed by atoms with E-state index in [1.807, 2.05) is 23.6 Å². The van der Waals surface area contributed by atoms with E-state index in [-0.39, 0.29) is 0 Å². The Morgan fingerprint density at radius 3 is 2.65 bits per heavy atom. The minimum absolute atomic E-state index is 0.399. The van der Waals surface area contributed by atoms with Crippen LogP contribution < -0.4 is 5.32 Å². The van der Waals surface area contributed by atoms with E-state index in [4.69, 9.17) is 0 Å². The summed E-state index contributed by atoms with van der Waals surface area (Å²) in [6.45, 7) is 6.32. The van der Waals surface area contributed by atoms with Crippen molar-refractivity contribution >= 4 is 38.8 Å². The molecule has 0 amide bonds. The number of rotatable bonds is 7. The van der Waals surface area contributed by atoms with Crippen LogP contribution in [-0.4, -0.2) is 31.5 Å². The lowest BCUT2D eigenvalue weighted by molar-refractivity contribution is 0.176. The van der Waals surface area contributed by atoms with Gasteiger partial charge in [0.1, 0.15) is 11.9 Å². The maximum absolute atomic E-state index is 10.3. The van der Waals surface area contributed by atoms with Crippen LogP contribution in [0.25, 0.3) is 54.8 Å². The fourth-order valence-corrected chi connectivity index (χ4v) is 5.76. The summed E-state index contributed by atoms with van der Waals surface area (Å²) in [6, 6.07) is 21.2. The number of H-pyrrole nitrogens is 2. The summed E-state index contributed by atoms with van der Waals surface area (Å²) < 4.78 is 0. The molecule has 4 N–H and O–H groups in total. The van der Waals surface area contributed by atoms with Gasteiger partial charge in [0, 0.05) is 43.4 Å². The number of benzene rings is 2. The topological polar surface area (TPSA) is 89.6 Å². The Balaban J connectivity index is 1.37. The summed E-state index contributed by atoms with van der Waals surface area (Å²) >= 11 is 1.81. The van der Waals surface area contributed by atoms with Crippen LogP contribution in [0.3, 0.4) is 0 Å². The molecule has 0 bridgehead atoms. The SMILES string of the molecule is Cc1ccc(-c2cccc3[nH]c(-c4n[nH]c5ccc(-c6cncc(NC(O)CC(C)C)c6)cc45)cc23)s1. The first-order chi connectivity index (χ1) is 17.9. The van der Waals surface area contributed by atoms with E-state index >= 15 is 0 Å². The number of nitrogens with one attached hydrogen (secondary N) is 3. The Hall–Kier alpha value is -3.94. The molecule has 4 heterocycles. The highest BCUT2D eigenvalue weighted by Crippen LogP contribution is 2.37. The first kappa shape index (κ1) is 23.5. The number of fused-ring (bicyclic) bond motifs is 2. The first-order valence-electron chi connectivity index (χ1n) is 12.5. The van der Waals surface area contributed by atoms with Gasteiger partial charge in [0.05, 0.1) is 23.1 Å². The molecule has 0 spiro atoms. The minimum Gasteiger partial charge on any atom is -0.374 e. The number of aliphatic hydroxyl groups excluding tert-OH is 1. The lowest BCUT2D eigenvalue weighted by atomic mass is 10.0. The van der Waals surface area contributed by atoms with Crippen molar-refractivity contribution in [1.82, 2.24) is 20.2 Å². The highest BCUT2D eigenvalue weighted by atomic mass is 32.1. The van der Waals surface area contributed by atoms with Gasteiger partial charge in [-0.3, -0.25) is 10.1 Å². The molecule has 6 nitrogen and oxygen atoms in total. The van der Waals surface area contributed by atoms with Crippen molar-refractivity contribution in [3.8, 4) is 33.0 Å². The fourth-order valence-electron chi connectivity index (χ4n) is 4.85. The molecule has 6 aromatic rings. The van der Waals surface area contributed by atoms with Crippen molar-refractivity contribution in [1.29, 1.82) is 0 Å². The van der Waals surface area contributed by atoms with Crippen molar-refractivity contribution in [2.45, 2.75) is 33.4 Å². The number of aliphatic hydroxyl groups is 1. The predicted molar refractivity (Wildman–Crippen MR) is 154 cm³/mol. The maximum atomic E-state index is 10.3. The lowest BCUT2D eigenvalue weighted by Gasteiger charge is -2.16. The number of aromatic amines is 2. The van der Waals surface area contributed by atoms with Crippen LogP contribution in [0.4, 0.5) is 5.69 Å². The quantitative estimate of drug-likeness (QED) is 0.168.